The zero-order chi connectivity index (χ0) is 8.15. The summed E-state index contributed by atoms with van der Waals surface area (Å²) in [5.74, 6) is 0. The number of aliphatic imine (C=N–C) groups is 1. The fraction of sp³-hybridized carbons (Fsp3) is 0.250. The number of rotatable bonds is 2. The van der Waals surface area contributed by atoms with Crippen LogP contribution in [0.15, 0.2) is 29.4 Å². The lowest BCUT2D eigenvalue weighted by molar-refractivity contribution is 1.37. The molecule has 0 radical (unpaired) electrons. The van der Waals surface area contributed by atoms with E-state index in [2.05, 4.69) is 18.2 Å². The Kier molecular flexibility index (Phi) is 3.13. The van der Waals surface area contributed by atoms with Gasteiger partial charge in [-0.3, -0.25) is 0 Å². The zero-order valence-corrected chi connectivity index (χ0v) is 6.31. The minimum Gasteiger partial charge on any atom is -0.243 e. The summed E-state index contributed by atoms with van der Waals surface area (Å²) in [5, 5.41) is 8.28. The SMILES string of the molecule is C=C(C#N)N=C(C)C(=C)C. The summed E-state index contributed by atoms with van der Waals surface area (Å²) in [7, 11) is 0. The highest BCUT2D eigenvalue weighted by Crippen LogP contribution is 1.97. The van der Waals surface area contributed by atoms with E-state index in [1.807, 2.05) is 13.0 Å². The molecule has 0 N–H and O–H groups in total. The Morgan fingerprint density at radius 1 is 1.40 bits per heavy atom. The molecule has 0 aliphatic heterocycles. The van der Waals surface area contributed by atoms with Gasteiger partial charge in [-0.15, -0.1) is 0 Å². The molecule has 10 heavy (non-hydrogen) atoms. The molecule has 0 saturated carbocycles. The molecule has 0 aliphatic carbocycles. The van der Waals surface area contributed by atoms with Crippen LogP contribution in [0.25, 0.3) is 0 Å². The molecule has 0 atom stereocenters. The number of hydrogen-bond donors (Lipinski definition) is 0. The standard InChI is InChI=1S/C8H10N2/c1-6(2)8(4)10-7(3)5-9/h1,3H2,2,4H3. The summed E-state index contributed by atoms with van der Waals surface area (Å²) < 4.78 is 0. The highest BCUT2D eigenvalue weighted by atomic mass is 14.7. The molecule has 0 saturated heterocycles. The summed E-state index contributed by atoms with van der Waals surface area (Å²) in [4.78, 5) is 3.86. The van der Waals surface area contributed by atoms with E-state index in [0.29, 0.717) is 0 Å². The molecule has 2 heteroatoms. The van der Waals surface area contributed by atoms with E-state index in [9.17, 15) is 0 Å². The van der Waals surface area contributed by atoms with Crippen molar-refractivity contribution in [2.24, 2.45) is 4.99 Å². The third kappa shape index (κ3) is 2.83. The van der Waals surface area contributed by atoms with Gasteiger partial charge in [-0.05, 0) is 19.4 Å². The minimum absolute atomic E-state index is 0.223. The van der Waals surface area contributed by atoms with Crippen molar-refractivity contribution in [1.29, 1.82) is 5.26 Å². The van der Waals surface area contributed by atoms with Gasteiger partial charge in [-0.2, -0.15) is 5.26 Å². The Balaban J connectivity index is 4.35. The monoisotopic (exact) mass is 134 g/mol. The van der Waals surface area contributed by atoms with E-state index in [-0.39, 0.29) is 5.70 Å². The summed E-state index contributed by atoms with van der Waals surface area (Å²) in [6.45, 7) is 10.7. The van der Waals surface area contributed by atoms with Gasteiger partial charge in [0.25, 0.3) is 0 Å². The van der Waals surface area contributed by atoms with E-state index in [1.165, 1.54) is 0 Å². The summed E-state index contributed by atoms with van der Waals surface area (Å²) in [6, 6.07) is 1.83. The first kappa shape index (κ1) is 8.64. The maximum Gasteiger partial charge on any atom is 0.133 e. The Bertz CT molecular complexity index is 228. The first-order valence-electron chi connectivity index (χ1n) is 2.88. The number of allylic oxidation sites excluding steroid dienone is 2. The van der Waals surface area contributed by atoms with Gasteiger partial charge < -0.3 is 0 Å². The van der Waals surface area contributed by atoms with Gasteiger partial charge in [0.2, 0.25) is 0 Å². The lowest BCUT2D eigenvalue weighted by atomic mass is 10.2. The number of hydrogen-bond acceptors (Lipinski definition) is 2. The second-order valence-electron chi connectivity index (χ2n) is 2.04. The van der Waals surface area contributed by atoms with E-state index in [0.717, 1.165) is 11.3 Å². The summed E-state index contributed by atoms with van der Waals surface area (Å²) >= 11 is 0. The molecule has 0 aromatic carbocycles. The van der Waals surface area contributed by atoms with Crippen LogP contribution in [0.1, 0.15) is 13.8 Å². The van der Waals surface area contributed by atoms with Crippen molar-refractivity contribution < 1.29 is 0 Å². The van der Waals surface area contributed by atoms with Gasteiger partial charge >= 0.3 is 0 Å². The smallest absolute Gasteiger partial charge is 0.133 e. The highest BCUT2D eigenvalue weighted by Gasteiger charge is 1.91. The van der Waals surface area contributed by atoms with Crippen LogP contribution in [0.2, 0.25) is 0 Å². The first-order valence-corrected chi connectivity index (χ1v) is 2.88. The maximum absolute atomic E-state index is 8.28. The third-order valence-corrected chi connectivity index (χ3v) is 1.05. The van der Waals surface area contributed by atoms with Crippen molar-refractivity contribution in [2.45, 2.75) is 13.8 Å². The quantitative estimate of drug-likeness (QED) is 0.420. The zero-order valence-electron chi connectivity index (χ0n) is 6.31. The van der Waals surface area contributed by atoms with Crippen molar-refractivity contribution in [3.05, 3.63) is 24.4 Å². The fourth-order valence-electron chi connectivity index (χ4n) is 0.323. The largest absolute Gasteiger partial charge is 0.243 e. The molecule has 52 valence electrons. The Hall–Kier alpha value is -1.36. The van der Waals surface area contributed by atoms with Crippen molar-refractivity contribution in [3.8, 4) is 6.07 Å². The average Bonchev–Trinajstić information content (AvgIpc) is 1.87. The Morgan fingerprint density at radius 3 is 2.20 bits per heavy atom. The van der Waals surface area contributed by atoms with E-state index < -0.39 is 0 Å². The molecule has 0 bridgehead atoms. The highest BCUT2D eigenvalue weighted by molar-refractivity contribution is 5.97. The molecule has 2 nitrogen and oxygen atoms in total. The van der Waals surface area contributed by atoms with E-state index in [4.69, 9.17) is 5.26 Å². The normalized spacial score (nSPS) is 10.3. The molecule has 0 aliphatic rings. The van der Waals surface area contributed by atoms with E-state index >= 15 is 0 Å². The van der Waals surface area contributed by atoms with Crippen molar-refractivity contribution in [2.75, 3.05) is 0 Å². The van der Waals surface area contributed by atoms with Crippen LogP contribution in [0, 0.1) is 11.3 Å². The van der Waals surface area contributed by atoms with Crippen LogP contribution in [-0.4, -0.2) is 5.71 Å². The Labute approximate surface area is 61.2 Å². The fourth-order valence-corrected chi connectivity index (χ4v) is 0.323. The predicted molar refractivity (Wildman–Crippen MR) is 42.7 cm³/mol. The van der Waals surface area contributed by atoms with Gasteiger partial charge in [0.15, 0.2) is 0 Å². The van der Waals surface area contributed by atoms with Crippen LogP contribution in [0.4, 0.5) is 0 Å². The lowest BCUT2D eigenvalue weighted by Crippen LogP contribution is -1.91. The van der Waals surface area contributed by atoms with Crippen LogP contribution in [0.5, 0.6) is 0 Å². The number of nitriles is 1. The minimum atomic E-state index is 0.223. The molecule has 0 spiro atoms. The van der Waals surface area contributed by atoms with Crippen molar-refractivity contribution in [3.63, 3.8) is 0 Å². The van der Waals surface area contributed by atoms with Crippen LogP contribution in [-0.2, 0) is 0 Å². The van der Waals surface area contributed by atoms with Gasteiger partial charge in [-0.1, -0.05) is 13.2 Å². The average molecular weight is 134 g/mol. The molecule has 0 rings (SSSR count). The predicted octanol–water partition coefficient (Wildman–Crippen LogP) is 2.06. The lowest BCUT2D eigenvalue weighted by Gasteiger charge is -1.94. The van der Waals surface area contributed by atoms with Gasteiger partial charge in [0.05, 0.1) is 0 Å². The molecular weight excluding hydrogens is 124 g/mol. The topological polar surface area (TPSA) is 36.1 Å². The van der Waals surface area contributed by atoms with Crippen molar-refractivity contribution in [1.82, 2.24) is 0 Å². The van der Waals surface area contributed by atoms with Crippen LogP contribution < -0.4 is 0 Å². The van der Waals surface area contributed by atoms with Gasteiger partial charge in [0.1, 0.15) is 11.8 Å². The molecule has 0 aromatic heterocycles. The molecule has 0 aromatic rings. The first-order chi connectivity index (χ1) is 4.57. The van der Waals surface area contributed by atoms with Gasteiger partial charge in [-0.25, -0.2) is 4.99 Å². The third-order valence-electron chi connectivity index (χ3n) is 1.05. The van der Waals surface area contributed by atoms with Gasteiger partial charge in [0, 0.05) is 5.71 Å². The molecule has 0 heterocycles. The summed E-state index contributed by atoms with van der Waals surface area (Å²) in [5.41, 5.74) is 1.84. The molecule has 0 fully saturated rings. The molecule has 0 amide bonds. The van der Waals surface area contributed by atoms with Crippen LogP contribution in [0.3, 0.4) is 0 Å². The Morgan fingerprint density at radius 2 is 1.90 bits per heavy atom. The maximum atomic E-state index is 8.28. The number of nitrogens with zero attached hydrogens (tertiary/aromatic N) is 2. The van der Waals surface area contributed by atoms with E-state index in [1.54, 1.807) is 6.92 Å². The molecular formula is C8H10N2. The van der Waals surface area contributed by atoms with Crippen LogP contribution >= 0.6 is 0 Å². The summed E-state index contributed by atoms with van der Waals surface area (Å²) in [6.07, 6.45) is 0. The second-order valence-corrected chi connectivity index (χ2v) is 2.04. The van der Waals surface area contributed by atoms with Crippen molar-refractivity contribution >= 4 is 5.71 Å². The second kappa shape index (κ2) is 3.62. The molecule has 0 unspecified atom stereocenters.